The molecule has 0 radical (unpaired) electrons. The number of nitrogens with one attached hydrogen (secondary N) is 2. The maximum Gasteiger partial charge on any atom is 0.224 e. The Balaban J connectivity index is 1.95. The van der Waals surface area contributed by atoms with Crippen LogP contribution in [0.3, 0.4) is 0 Å². The highest BCUT2D eigenvalue weighted by Crippen LogP contribution is 2.26. The van der Waals surface area contributed by atoms with Gasteiger partial charge in [-0.1, -0.05) is 0 Å². The predicted molar refractivity (Wildman–Crippen MR) is 78.4 cm³/mol. The van der Waals surface area contributed by atoms with Crippen LogP contribution in [0, 0.1) is 5.92 Å². The Morgan fingerprint density at radius 1 is 1.30 bits per heavy atom. The van der Waals surface area contributed by atoms with E-state index in [0.717, 1.165) is 25.9 Å². The van der Waals surface area contributed by atoms with E-state index in [2.05, 4.69) is 10.6 Å². The first-order valence-corrected chi connectivity index (χ1v) is 6.95. The summed E-state index contributed by atoms with van der Waals surface area (Å²) in [6.45, 7) is 1.99. The molecule has 1 amide bonds. The van der Waals surface area contributed by atoms with E-state index in [-0.39, 0.29) is 5.91 Å². The fourth-order valence-electron chi connectivity index (χ4n) is 2.45. The van der Waals surface area contributed by atoms with Crippen LogP contribution in [-0.2, 0) is 4.79 Å². The molecule has 0 bridgehead atoms. The molecule has 1 saturated heterocycles. The van der Waals surface area contributed by atoms with Gasteiger partial charge in [0.15, 0.2) is 0 Å². The Morgan fingerprint density at radius 2 is 2.00 bits per heavy atom. The maximum absolute atomic E-state index is 12.1. The third-order valence-electron chi connectivity index (χ3n) is 3.51. The molecule has 1 heterocycles. The van der Waals surface area contributed by atoms with Gasteiger partial charge in [-0.3, -0.25) is 4.79 Å². The smallest absolute Gasteiger partial charge is 0.224 e. The standard InChI is InChI=1S/C15H22N2O3/c1-19-13-7-12(8-14(9-13)20-2)17-15(18)6-11-4-3-5-16-10-11/h7-9,11,16H,3-6,10H2,1-2H3,(H,17,18). The van der Waals surface area contributed by atoms with Crippen molar-refractivity contribution in [2.45, 2.75) is 19.3 Å². The second-order valence-electron chi connectivity index (χ2n) is 5.07. The number of carbonyl (C=O) groups excluding carboxylic acids is 1. The molecule has 0 saturated carbocycles. The molecule has 2 N–H and O–H groups in total. The van der Waals surface area contributed by atoms with Gasteiger partial charge in [0.2, 0.25) is 5.91 Å². The number of anilines is 1. The monoisotopic (exact) mass is 278 g/mol. The SMILES string of the molecule is COc1cc(NC(=O)CC2CCCNC2)cc(OC)c1. The van der Waals surface area contributed by atoms with Crippen molar-refractivity contribution in [3.8, 4) is 11.5 Å². The van der Waals surface area contributed by atoms with Crippen LogP contribution in [0.15, 0.2) is 18.2 Å². The average molecular weight is 278 g/mol. The van der Waals surface area contributed by atoms with Crippen LogP contribution in [0.5, 0.6) is 11.5 Å². The number of hydrogen-bond donors (Lipinski definition) is 2. The van der Waals surface area contributed by atoms with Crippen molar-refractivity contribution in [3.05, 3.63) is 18.2 Å². The maximum atomic E-state index is 12.1. The van der Waals surface area contributed by atoms with E-state index in [0.29, 0.717) is 29.5 Å². The second-order valence-corrected chi connectivity index (χ2v) is 5.07. The van der Waals surface area contributed by atoms with E-state index >= 15 is 0 Å². The van der Waals surface area contributed by atoms with E-state index < -0.39 is 0 Å². The third-order valence-corrected chi connectivity index (χ3v) is 3.51. The van der Waals surface area contributed by atoms with Gasteiger partial charge in [-0.2, -0.15) is 0 Å². The first kappa shape index (κ1) is 14.7. The largest absolute Gasteiger partial charge is 0.497 e. The lowest BCUT2D eigenvalue weighted by atomic mass is 9.96. The molecule has 1 aromatic carbocycles. The van der Waals surface area contributed by atoms with E-state index in [1.54, 1.807) is 32.4 Å². The Bertz CT molecular complexity index is 434. The molecule has 0 spiro atoms. The van der Waals surface area contributed by atoms with E-state index in [1.807, 2.05) is 0 Å². The van der Waals surface area contributed by atoms with E-state index in [1.165, 1.54) is 0 Å². The number of amides is 1. The molecule has 5 nitrogen and oxygen atoms in total. The highest BCUT2D eigenvalue weighted by molar-refractivity contribution is 5.91. The van der Waals surface area contributed by atoms with Crippen LogP contribution < -0.4 is 20.1 Å². The summed E-state index contributed by atoms with van der Waals surface area (Å²) >= 11 is 0. The highest BCUT2D eigenvalue weighted by atomic mass is 16.5. The van der Waals surface area contributed by atoms with Crippen molar-refractivity contribution < 1.29 is 14.3 Å². The second kappa shape index (κ2) is 7.14. The minimum absolute atomic E-state index is 0.0361. The Morgan fingerprint density at radius 3 is 2.55 bits per heavy atom. The fraction of sp³-hybridized carbons (Fsp3) is 0.533. The average Bonchev–Trinajstić information content (AvgIpc) is 2.47. The number of carbonyl (C=O) groups is 1. The first-order chi connectivity index (χ1) is 9.71. The minimum atomic E-state index is 0.0361. The molecule has 1 unspecified atom stereocenters. The van der Waals surface area contributed by atoms with Gasteiger partial charge < -0.3 is 20.1 Å². The van der Waals surface area contributed by atoms with Gasteiger partial charge in [-0.05, 0) is 31.8 Å². The Hall–Kier alpha value is -1.75. The number of piperidine rings is 1. The third kappa shape index (κ3) is 4.13. The molecule has 1 aliphatic heterocycles. The Labute approximate surface area is 119 Å². The van der Waals surface area contributed by atoms with Crippen molar-refractivity contribution in [1.29, 1.82) is 0 Å². The number of rotatable bonds is 5. The summed E-state index contributed by atoms with van der Waals surface area (Å²) in [5.74, 6) is 1.79. The van der Waals surface area contributed by atoms with Gasteiger partial charge in [0.1, 0.15) is 11.5 Å². The Kier molecular flexibility index (Phi) is 5.24. The van der Waals surface area contributed by atoms with Gasteiger partial charge >= 0.3 is 0 Å². The van der Waals surface area contributed by atoms with Crippen molar-refractivity contribution in [2.24, 2.45) is 5.92 Å². The van der Waals surface area contributed by atoms with Crippen LogP contribution in [0.25, 0.3) is 0 Å². The fourth-order valence-corrected chi connectivity index (χ4v) is 2.45. The number of benzene rings is 1. The summed E-state index contributed by atoms with van der Waals surface area (Å²) in [6, 6.07) is 5.36. The zero-order valence-electron chi connectivity index (χ0n) is 12.1. The zero-order valence-corrected chi connectivity index (χ0v) is 12.1. The lowest BCUT2D eigenvalue weighted by Gasteiger charge is -2.22. The molecule has 5 heteroatoms. The molecular formula is C15H22N2O3. The van der Waals surface area contributed by atoms with E-state index in [4.69, 9.17) is 9.47 Å². The normalized spacial score (nSPS) is 18.4. The van der Waals surface area contributed by atoms with Crippen molar-refractivity contribution in [3.63, 3.8) is 0 Å². The minimum Gasteiger partial charge on any atom is -0.497 e. The van der Waals surface area contributed by atoms with E-state index in [9.17, 15) is 4.79 Å². The number of methoxy groups -OCH3 is 2. The van der Waals surface area contributed by atoms with Crippen LogP contribution in [0.1, 0.15) is 19.3 Å². The van der Waals surface area contributed by atoms with Crippen molar-refractivity contribution in [2.75, 3.05) is 32.6 Å². The summed E-state index contributed by atoms with van der Waals surface area (Å²) in [4.78, 5) is 12.1. The van der Waals surface area contributed by atoms with Gasteiger partial charge in [0.25, 0.3) is 0 Å². The lowest BCUT2D eigenvalue weighted by Crippen LogP contribution is -2.32. The molecule has 1 aliphatic rings. The molecule has 2 rings (SSSR count). The van der Waals surface area contributed by atoms with Crippen LogP contribution >= 0.6 is 0 Å². The molecule has 0 aromatic heterocycles. The van der Waals surface area contributed by atoms with Gasteiger partial charge in [-0.15, -0.1) is 0 Å². The first-order valence-electron chi connectivity index (χ1n) is 6.95. The quantitative estimate of drug-likeness (QED) is 0.865. The molecule has 1 aromatic rings. The number of hydrogen-bond acceptors (Lipinski definition) is 4. The summed E-state index contributed by atoms with van der Waals surface area (Å²) in [6.07, 6.45) is 2.80. The van der Waals surface area contributed by atoms with Gasteiger partial charge in [0, 0.05) is 30.3 Å². The topological polar surface area (TPSA) is 59.6 Å². The molecule has 20 heavy (non-hydrogen) atoms. The summed E-state index contributed by atoms with van der Waals surface area (Å²) < 4.78 is 10.4. The van der Waals surface area contributed by atoms with Crippen LogP contribution in [0.2, 0.25) is 0 Å². The highest BCUT2D eigenvalue weighted by Gasteiger charge is 2.17. The molecule has 1 fully saturated rings. The van der Waals surface area contributed by atoms with Crippen molar-refractivity contribution >= 4 is 11.6 Å². The number of ether oxygens (including phenoxy) is 2. The van der Waals surface area contributed by atoms with Gasteiger partial charge in [-0.25, -0.2) is 0 Å². The summed E-state index contributed by atoms with van der Waals surface area (Å²) in [5.41, 5.74) is 0.704. The van der Waals surface area contributed by atoms with Crippen molar-refractivity contribution in [1.82, 2.24) is 5.32 Å². The summed E-state index contributed by atoms with van der Waals surface area (Å²) in [5, 5.41) is 6.23. The lowest BCUT2D eigenvalue weighted by molar-refractivity contribution is -0.117. The predicted octanol–water partition coefficient (Wildman–Crippen LogP) is 2.03. The van der Waals surface area contributed by atoms with Crippen LogP contribution in [0.4, 0.5) is 5.69 Å². The van der Waals surface area contributed by atoms with Gasteiger partial charge in [0.05, 0.1) is 14.2 Å². The molecule has 110 valence electrons. The van der Waals surface area contributed by atoms with Crippen LogP contribution in [-0.4, -0.2) is 33.2 Å². The molecular weight excluding hydrogens is 256 g/mol. The molecule has 0 aliphatic carbocycles. The zero-order chi connectivity index (χ0) is 14.4. The molecule has 1 atom stereocenters. The summed E-state index contributed by atoms with van der Waals surface area (Å²) in [7, 11) is 3.18.